The van der Waals surface area contributed by atoms with Crippen LogP contribution in [0.15, 0.2) is 24.3 Å². The predicted octanol–water partition coefficient (Wildman–Crippen LogP) is 0.666. The average Bonchev–Trinajstić information content (AvgIpc) is 2.49. The van der Waals surface area contributed by atoms with Crippen LogP contribution < -0.4 is 16.4 Å². The number of anilines is 1. The third-order valence-corrected chi connectivity index (χ3v) is 3.64. The van der Waals surface area contributed by atoms with Gasteiger partial charge in [0.1, 0.15) is 0 Å². The molecular weight excluding hydrogens is 302 g/mol. The number of primary amides is 1. The lowest BCUT2D eigenvalue weighted by Crippen LogP contribution is -2.47. The number of nitro benzene ring substituents is 1. The van der Waals surface area contributed by atoms with E-state index < -0.39 is 4.92 Å². The highest BCUT2D eigenvalue weighted by molar-refractivity contribution is 5.89. The smallest absolute Gasteiger partial charge is 0.319 e. The Balaban J connectivity index is 1.77. The number of hydrogen-bond donors (Lipinski definition) is 3. The number of nitrogens with one attached hydrogen (secondary N) is 2. The molecule has 0 unspecified atom stereocenters. The van der Waals surface area contributed by atoms with E-state index in [1.54, 1.807) is 0 Å². The standard InChI is InChI=1S/C14H19N5O4/c15-13(20)9-18-7-5-11(6-8-18)17-14(21)16-10-1-3-12(4-2-10)19(22)23/h1-4,11H,5-9H2,(H2,15,20)(H2,16,17,21). The van der Waals surface area contributed by atoms with Crippen molar-refractivity contribution in [1.82, 2.24) is 10.2 Å². The number of non-ortho nitro benzene ring substituents is 1. The van der Waals surface area contributed by atoms with Crippen LogP contribution in [0.3, 0.4) is 0 Å². The molecule has 0 bridgehead atoms. The lowest BCUT2D eigenvalue weighted by atomic mass is 10.1. The van der Waals surface area contributed by atoms with Gasteiger partial charge in [0.2, 0.25) is 5.91 Å². The highest BCUT2D eigenvalue weighted by Gasteiger charge is 2.21. The minimum absolute atomic E-state index is 0.0252. The Morgan fingerprint density at radius 2 is 1.87 bits per heavy atom. The van der Waals surface area contributed by atoms with Crippen molar-refractivity contribution in [3.05, 3.63) is 34.4 Å². The lowest BCUT2D eigenvalue weighted by Gasteiger charge is -2.31. The maximum atomic E-state index is 11.9. The molecule has 1 aliphatic heterocycles. The number of benzene rings is 1. The molecule has 124 valence electrons. The maximum absolute atomic E-state index is 11.9. The van der Waals surface area contributed by atoms with Crippen LogP contribution >= 0.6 is 0 Å². The van der Waals surface area contributed by atoms with Gasteiger partial charge in [-0.3, -0.25) is 19.8 Å². The van der Waals surface area contributed by atoms with Crippen LogP contribution in [0.1, 0.15) is 12.8 Å². The molecule has 1 aromatic carbocycles. The molecule has 9 heteroatoms. The van der Waals surface area contributed by atoms with Crippen molar-refractivity contribution in [2.75, 3.05) is 25.0 Å². The van der Waals surface area contributed by atoms with Gasteiger partial charge >= 0.3 is 6.03 Å². The van der Waals surface area contributed by atoms with E-state index in [0.717, 1.165) is 12.8 Å². The van der Waals surface area contributed by atoms with Gasteiger partial charge in [-0.05, 0) is 25.0 Å². The van der Waals surface area contributed by atoms with Gasteiger partial charge in [-0.15, -0.1) is 0 Å². The minimum Gasteiger partial charge on any atom is -0.369 e. The normalized spacial score (nSPS) is 15.8. The summed E-state index contributed by atoms with van der Waals surface area (Å²) in [5.74, 6) is -0.354. The molecule has 0 aliphatic carbocycles. The van der Waals surface area contributed by atoms with Crippen molar-refractivity contribution in [3.63, 3.8) is 0 Å². The minimum atomic E-state index is -0.496. The summed E-state index contributed by atoms with van der Waals surface area (Å²) in [5.41, 5.74) is 5.61. The van der Waals surface area contributed by atoms with E-state index in [-0.39, 0.29) is 30.2 Å². The fourth-order valence-corrected chi connectivity index (χ4v) is 2.47. The second-order valence-electron chi connectivity index (χ2n) is 5.42. The second-order valence-corrected chi connectivity index (χ2v) is 5.42. The Morgan fingerprint density at radius 3 is 2.39 bits per heavy atom. The highest BCUT2D eigenvalue weighted by atomic mass is 16.6. The number of nitrogens with two attached hydrogens (primary N) is 1. The fourth-order valence-electron chi connectivity index (χ4n) is 2.47. The summed E-state index contributed by atoms with van der Waals surface area (Å²) in [6.07, 6.45) is 1.47. The van der Waals surface area contributed by atoms with Crippen molar-refractivity contribution in [1.29, 1.82) is 0 Å². The highest BCUT2D eigenvalue weighted by Crippen LogP contribution is 2.15. The van der Waals surface area contributed by atoms with Crippen LogP contribution in [0.5, 0.6) is 0 Å². The Morgan fingerprint density at radius 1 is 1.26 bits per heavy atom. The number of likely N-dealkylation sites (tertiary alicyclic amines) is 1. The van der Waals surface area contributed by atoms with Crippen LogP contribution in [0.4, 0.5) is 16.2 Å². The van der Waals surface area contributed by atoms with E-state index in [9.17, 15) is 19.7 Å². The molecule has 1 aromatic rings. The summed E-state index contributed by atoms with van der Waals surface area (Å²) in [4.78, 5) is 34.8. The molecular formula is C14H19N5O4. The molecule has 3 amide bonds. The fraction of sp³-hybridized carbons (Fsp3) is 0.429. The molecule has 9 nitrogen and oxygen atoms in total. The first-order valence-electron chi connectivity index (χ1n) is 7.26. The number of amides is 3. The molecule has 0 spiro atoms. The third-order valence-electron chi connectivity index (χ3n) is 3.64. The van der Waals surface area contributed by atoms with Gasteiger partial charge in [0.15, 0.2) is 0 Å². The average molecular weight is 321 g/mol. The number of carbonyl (C=O) groups is 2. The van der Waals surface area contributed by atoms with Crippen molar-refractivity contribution >= 4 is 23.3 Å². The molecule has 4 N–H and O–H groups in total. The van der Waals surface area contributed by atoms with E-state index in [0.29, 0.717) is 18.8 Å². The first kappa shape index (κ1) is 16.7. The molecule has 0 atom stereocenters. The largest absolute Gasteiger partial charge is 0.369 e. The Labute approximate surface area is 133 Å². The molecule has 0 saturated carbocycles. The Kier molecular flexibility index (Phi) is 5.47. The van der Waals surface area contributed by atoms with E-state index in [4.69, 9.17) is 5.73 Å². The third kappa shape index (κ3) is 5.22. The number of hydrogen-bond acceptors (Lipinski definition) is 5. The molecule has 0 aromatic heterocycles. The summed E-state index contributed by atoms with van der Waals surface area (Å²) < 4.78 is 0. The van der Waals surface area contributed by atoms with Crippen LogP contribution in [0.2, 0.25) is 0 Å². The van der Waals surface area contributed by atoms with Gasteiger partial charge in [0.05, 0.1) is 11.5 Å². The summed E-state index contributed by atoms with van der Waals surface area (Å²) in [5, 5.41) is 16.1. The van der Waals surface area contributed by atoms with Gasteiger partial charge in [0.25, 0.3) is 5.69 Å². The number of nitrogens with zero attached hydrogens (tertiary/aromatic N) is 2. The van der Waals surface area contributed by atoms with Gasteiger partial charge in [-0.25, -0.2) is 4.79 Å². The van der Waals surface area contributed by atoms with Crippen LogP contribution in [0.25, 0.3) is 0 Å². The van der Waals surface area contributed by atoms with Gasteiger partial charge in [-0.2, -0.15) is 0 Å². The summed E-state index contributed by atoms with van der Waals surface area (Å²) in [6, 6.07) is 5.29. The molecule has 1 saturated heterocycles. The van der Waals surface area contributed by atoms with Crippen molar-refractivity contribution in [3.8, 4) is 0 Å². The van der Waals surface area contributed by atoms with Crippen LogP contribution in [0, 0.1) is 10.1 Å². The van der Waals surface area contributed by atoms with Crippen molar-refractivity contribution in [2.45, 2.75) is 18.9 Å². The first-order valence-corrected chi connectivity index (χ1v) is 7.26. The first-order chi connectivity index (χ1) is 10.9. The SMILES string of the molecule is NC(=O)CN1CCC(NC(=O)Nc2ccc([N+](=O)[O-])cc2)CC1. The van der Waals surface area contributed by atoms with Crippen molar-refractivity contribution < 1.29 is 14.5 Å². The number of nitro groups is 1. The van der Waals surface area contributed by atoms with Gasteiger partial charge < -0.3 is 16.4 Å². The summed E-state index contributed by atoms with van der Waals surface area (Å²) in [7, 11) is 0. The Bertz CT molecular complexity index is 581. The second kappa shape index (κ2) is 7.54. The quantitative estimate of drug-likeness (QED) is 0.542. The van der Waals surface area contributed by atoms with E-state index in [1.165, 1.54) is 24.3 Å². The van der Waals surface area contributed by atoms with Crippen LogP contribution in [-0.2, 0) is 4.79 Å². The van der Waals surface area contributed by atoms with E-state index >= 15 is 0 Å². The monoisotopic (exact) mass is 321 g/mol. The molecule has 2 rings (SSSR count). The van der Waals surface area contributed by atoms with Crippen molar-refractivity contribution in [2.24, 2.45) is 5.73 Å². The zero-order valence-corrected chi connectivity index (χ0v) is 12.5. The van der Waals surface area contributed by atoms with E-state index in [2.05, 4.69) is 10.6 Å². The molecule has 1 fully saturated rings. The maximum Gasteiger partial charge on any atom is 0.319 e. The van der Waals surface area contributed by atoms with E-state index in [1.807, 2.05) is 4.90 Å². The molecule has 23 heavy (non-hydrogen) atoms. The zero-order valence-electron chi connectivity index (χ0n) is 12.5. The lowest BCUT2D eigenvalue weighted by molar-refractivity contribution is -0.384. The van der Waals surface area contributed by atoms with Crippen LogP contribution in [-0.4, -0.2) is 47.4 Å². The Hall–Kier alpha value is -2.68. The number of urea groups is 1. The number of rotatable bonds is 5. The number of piperidine rings is 1. The molecule has 1 heterocycles. The topological polar surface area (TPSA) is 131 Å². The van der Waals surface area contributed by atoms with Gasteiger partial charge in [0, 0.05) is 37.0 Å². The summed E-state index contributed by atoms with van der Waals surface area (Å²) >= 11 is 0. The zero-order chi connectivity index (χ0) is 16.8. The number of carbonyl (C=O) groups excluding carboxylic acids is 2. The predicted molar refractivity (Wildman–Crippen MR) is 83.9 cm³/mol. The molecule has 0 radical (unpaired) electrons. The molecule has 1 aliphatic rings. The van der Waals surface area contributed by atoms with Gasteiger partial charge in [-0.1, -0.05) is 0 Å². The summed E-state index contributed by atoms with van der Waals surface area (Å²) in [6.45, 7) is 1.64.